The Balaban J connectivity index is 3.11. The van der Waals surface area contributed by atoms with Crippen molar-refractivity contribution in [3.8, 4) is 11.6 Å². The fraction of sp³-hybridized carbons (Fsp3) is 0.375. The molecular formula is C8H8F3NO3. The Morgan fingerprint density at radius 3 is 2.53 bits per heavy atom. The predicted molar refractivity (Wildman–Crippen MR) is 43.2 cm³/mol. The minimum Gasteiger partial charge on any atom is -0.503 e. The maximum absolute atomic E-state index is 11.9. The van der Waals surface area contributed by atoms with Gasteiger partial charge in [-0.3, -0.25) is 0 Å². The minimum absolute atomic E-state index is 0.00968. The summed E-state index contributed by atoms with van der Waals surface area (Å²) >= 11 is 0. The maximum Gasteiger partial charge on any atom is 0.574 e. The topological polar surface area (TPSA) is 62.6 Å². The molecule has 1 rings (SSSR count). The number of aryl methyl sites for hydroxylation is 1. The molecule has 0 bridgehead atoms. The Bertz CT molecular complexity index is 365. The molecule has 0 spiro atoms. The first kappa shape index (κ1) is 11.6. The number of hydrogen-bond donors (Lipinski definition) is 2. The quantitative estimate of drug-likeness (QED) is 0.797. The molecule has 0 saturated carbocycles. The molecule has 0 radical (unpaired) electrons. The van der Waals surface area contributed by atoms with Crippen LogP contribution >= 0.6 is 0 Å². The van der Waals surface area contributed by atoms with Crippen LogP contribution in [0.25, 0.3) is 0 Å². The van der Waals surface area contributed by atoms with E-state index in [9.17, 15) is 18.3 Å². The van der Waals surface area contributed by atoms with Crippen molar-refractivity contribution in [1.82, 2.24) is 4.98 Å². The van der Waals surface area contributed by atoms with Gasteiger partial charge in [0.25, 0.3) is 5.88 Å². The van der Waals surface area contributed by atoms with Crippen LogP contribution < -0.4 is 4.74 Å². The highest BCUT2D eigenvalue weighted by atomic mass is 19.4. The number of ether oxygens (including phenoxy) is 1. The Morgan fingerprint density at radius 2 is 2.07 bits per heavy atom. The Labute approximate surface area is 82.9 Å². The van der Waals surface area contributed by atoms with E-state index in [1.165, 1.54) is 13.0 Å². The average molecular weight is 223 g/mol. The third-order valence-corrected chi connectivity index (χ3v) is 1.58. The SMILES string of the molecule is Cc1cc(CO)nc(OC(F)(F)F)c1O. The summed E-state index contributed by atoms with van der Waals surface area (Å²) in [5.41, 5.74) is 0.137. The van der Waals surface area contributed by atoms with E-state index in [1.807, 2.05) is 0 Å². The Morgan fingerprint density at radius 1 is 1.47 bits per heavy atom. The summed E-state index contributed by atoms with van der Waals surface area (Å²) in [4.78, 5) is 3.29. The zero-order valence-corrected chi connectivity index (χ0v) is 7.67. The number of pyridine rings is 1. The molecule has 0 aromatic carbocycles. The van der Waals surface area contributed by atoms with Crippen molar-refractivity contribution in [2.45, 2.75) is 19.9 Å². The van der Waals surface area contributed by atoms with Crippen LogP contribution in [0.15, 0.2) is 6.07 Å². The van der Waals surface area contributed by atoms with Crippen molar-refractivity contribution in [3.05, 3.63) is 17.3 Å². The molecule has 0 saturated heterocycles. The smallest absolute Gasteiger partial charge is 0.503 e. The molecule has 84 valence electrons. The van der Waals surface area contributed by atoms with E-state index in [-0.39, 0.29) is 11.3 Å². The first-order chi connectivity index (χ1) is 6.83. The van der Waals surface area contributed by atoms with E-state index in [4.69, 9.17) is 5.11 Å². The first-order valence-corrected chi connectivity index (χ1v) is 3.89. The lowest BCUT2D eigenvalue weighted by atomic mass is 10.2. The van der Waals surface area contributed by atoms with Crippen molar-refractivity contribution in [2.75, 3.05) is 0 Å². The molecule has 2 N–H and O–H groups in total. The number of hydrogen-bond acceptors (Lipinski definition) is 4. The van der Waals surface area contributed by atoms with Crippen LogP contribution in [0.2, 0.25) is 0 Å². The van der Waals surface area contributed by atoms with Gasteiger partial charge in [-0.15, -0.1) is 13.2 Å². The molecule has 15 heavy (non-hydrogen) atoms. The highest BCUT2D eigenvalue weighted by Crippen LogP contribution is 2.32. The van der Waals surface area contributed by atoms with E-state index in [0.717, 1.165) is 0 Å². The molecule has 1 heterocycles. The lowest BCUT2D eigenvalue weighted by Gasteiger charge is -2.11. The molecule has 0 fully saturated rings. The molecule has 0 unspecified atom stereocenters. The lowest BCUT2D eigenvalue weighted by Crippen LogP contribution is -2.18. The van der Waals surface area contributed by atoms with E-state index < -0.39 is 24.6 Å². The van der Waals surface area contributed by atoms with Gasteiger partial charge < -0.3 is 14.9 Å². The van der Waals surface area contributed by atoms with Gasteiger partial charge in [-0.05, 0) is 18.6 Å². The third kappa shape index (κ3) is 2.98. The van der Waals surface area contributed by atoms with Gasteiger partial charge >= 0.3 is 6.36 Å². The predicted octanol–water partition coefficient (Wildman–Crippen LogP) is 1.49. The minimum atomic E-state index is -4.93. The van der Waals surface area contributed by atoms with Crippen LogP contribution in [0.5, 0.6) is 11.6 Å². The normalized spacial score (nSPS) is 11.5. The standard InChI is InChI=1S/C8H8F3NO3/c1-4-2-5(3-13)12-7(6(4)14)15-8(9,10)11/h2,13-14H,3H2,1H3. The lowest BCUT2D eigenvalue weighted by molar-refractivity contribution is -0.276. The van der Waals surface area contributed by atoms with Gasteiger partial charge in [0.15, 0.2) is 5.75 Å². The molecule has 0 aliphatic heterocycles. The van der Waals surface area contributed by atoms with Crippen molar-refractivity contribution in [3.63, 3.8) is 0 Å². The molecule has 4 nitrogen and oxygen atoms in total. The van der Waals surface area contributed by atoms with Crippen LogP contribution in [0.1, 0.15) is 11.3 Å². The van der Waals surface area contributed by atoms with Crippen LogP contribution in [-0.2, 0) is 6.61 Å². The van der Waals surface area contributed by atoms with E-state index in [1.54, 1.807) is 0 Å². The monoisotopic (exact) mass is 223 g/mol. The fourth-order valence-corrected chi connectivity index (χ4v) is 0.964. The number of halogens is 3. The number of nitrogens with zero attached hydrogens (tertiary/aromatic N) is 1. The molecule has 0 aliphatic rings. The number of aromatic nitrogens is 1. The van der Waals surface area contributed by atoms with Gasteiger partial charge in [-0.25, -0.2) is 4.98 Å². The summed E-state index contributed by atoms with van der Waals surface area (Å²) < 4.78 is 39.0. The first-order valence-electron chi connectivity index (χ1n) is 3.89. The van der Waals surface area contributed by atoms with Gasteiger partial charge in [0, 0.05) is 0 Å². The Kier molecular flexibility index (Phi) is 3.04. The molecule has 0 atom stereocenters. The number of rotatable bonds is 2. The highest BCUT2D eigenvalue weighted by molar-refractivity contribution is 5.41. The van der Waals surface area contributed by atoms with Gasteiger partial charge in [-0.1, -0.05) is 0 Å². The largest absolute Gasteiger partial charge is 0.574 e. The second kappa shape index (κ2) is 3.93. The summed E-state index contributed by atoms with van der Waals surface area (Å²) in [7, 11) is 0. The van der Waals surface area contributed by atoms with Gasteiger partial charge in [0.1, 0.15) is 0 Å². The number of aromatic hydroxyl groups is 1. The molecule has 1 aromatic heterocycles. The third-order valence-electron chi connectivity index (χ3n) is 1.58. The Hall–Kier alpha value is -1.50. The zero-order valence-electron chi connectivity index (χ0n) is 7.67. The summed E-state index contributed by atoms with van der Waals surface area (Å²) in [6, 6.07) is 1.26. The van der Waals surface area contributed by atoms with Gasteiger partial charge in [-0.2, -0.15) is 0 Å². The average Bonchev–Trinajstić information content (AvgIpc) is 2.10. The van der Waals surface area contributed by atoms with Crippen molar-refractivity contribution in [2.24, 2.45) is 0 Å². The van der Waals surface area contributed by atoms with Crippen molar-refractivity contribution < 1.29 is 28.1 Å². The second-order valence-corrected chi connectivity index (χ2v) is 2.79. The van der Waals surface area contributed by atoms with Crippen molar-refractivity contribution in [1.29, 1.82) is 0 Å². The highest BCUT2D eigenvalue weighted by Gasteiger charge is 2.33. The molecular weight excluding hydrogens is 215 g/mol. The van der Waals surface area contributed by atoms with Crippen LogP contribution in [0.3, 0.4) is 0 Å². The molecule has 1 aromatic rings. The second-order valence-electron chi connectivity index (χ2n) is 2.79. The number of aliphatic hydroxyl groups is 1. The summed E-state index contributed by atoms with van der Waals surface area (Å²) in [5.74, 6) is -1.64. The number of alkyl halides is 3. The molecule has 7 heteroatoms. The molecule has 0 amide bonds. The van der Waals surface area contributed by atoms with Crippen LogP contribution in [0.4, 0.5) is 13.2 Å². The van der Waals surface area contributed by atoms with E-state index in [0.29, 0.717) is 0 Å². The fourth-order valence-electron chi connectivity index (χ4n) is 0.964. The molecule has 0 aliphatic carbocycles. The van der Waals surface area contributed by atoms with E-state index in [2.05, 4.69) is 9.72 Å². The zero-order chi connectivity index (χ0) is 11.6. The summed E-state index contributed by atoms with van der Waals surface area (Å²) in [5, 5.41) is 17.9. The van der Waals surface area contributed by atoms with E-state index >= 15 is 0 Å². The maximum atomic E-state index is 11.9. The number of aliphatic hydroxyl groups excluding tert-OH is 1. The van der Waals surface area contributed by atoms with Crippen molar-refractivity contribution >= 4 is 0 Å². The van der Waals surface area contributed by atoms with Gasteiger partial charge in [0.2, 0.25) is 0 Å². The van der Waals surface area contributed by atoms with Crippen LogP contribution in [-0.4, -0.2) is 21.6 Å². The van der Waals surface area contributed by atoms with Gasteiger partial charge in [0.05, 0.1) is 12.3 Å². The summed E-state index contributed by atoms with van der Waals surface area (Å²) in [6.07, 6.45) is -4.93. The summed E-state index contributed by atoms with van der Waals surface area (Å²) in [6.45, 7) is 0.842. The van der Waals surface area contributed by atoms with Crippen LogP contribution in [0, 0.1) is 6.92 Å².